The Hall–Kier alpha value is -1.93. The van der Waals surface area contributed by atoms with Gasteiger partial charge in [-0.2, -0.15) is 4.98 Å². The van der Waals surface area contributed by atoms with Gasteiger partial charge in [0.1, 0.15) is 6.33 Å². The molecule has 2 N–H and O–H groups in total. The Morgan fingerprint density at radius 3 is 2.27 bits per heavy atom. The number of nitrogens with zero attached hydrogens (tertiary/aromatic N) is 4. The number of halogens is 1. The standard InChI is InChI=1S/C13H17N5O3.ClH/c1-19-9-8(10(20-2)16-7-15-9)11-17-12(18-21-11)13(14)5-3-4-6-13;/h7H,3-6,14H2,1-2H3;1H. The molecule has 9 heteroatoms. The first-order chi connectivity index (χ1) is 10.2. The zero-order valence-corrected chi connectivity index (χ0v) is 13.2. The van der Waals surface area contributed by atoms with Crippen molar-refractivity contribution >= 4 is 12.4 Å². The van der Waals surface area contributed by atoms with Gasteiger partial charge < -0.3 is 19.7 Å². The molecular weight excluding hydrogens is 310 g/mol. The van der Waals surface area contributed by atoms with Gasteiger partial charge in [-0.15, -0.1) is 12.4 Å². The maximum absolute atomic E-state index is 6.33. The first kappa shape index (κ1) is 16.4. The van der Waals surface area contributed by atoms with Crippen LogP contribution in [0.15, 0.2) is 10.9 Å². The van der Waals surface area contributed by atoms with Gasteiger partial charge in [0.15, 0.2) is 11.4 Å². The van der Waals surface area contributed by atoms with E-state index in [9.17, 15) is 0 Å². The van der Waals surface area contributed by atoms with Crippen molar-refractivity contribution in [3.63, 3.8) is 0 Å². The van der Waals surface area contributed by atoms with Crippen LogP contribution in [0.4, 0.5) is 0 Å². The maximum atomic E-state index is 6.33. The summed E-state index contributed by atoms with van der Waals surface area (Å²) in [6.07, 6.45) is 5.19. The van der Waals surface area contributed by atoms with Crippen molar-refractivity contribution in [3.8, 4) is 23.2 Å². The molecule has 0 saturated heterocycles. The van der Waals surface area contributed by atoms with Gasteiger partial charge in [-0.25, -0.2) is 9.97 Å². The lowest BCUT2D eigenvalue weighted by Gasteiger charge is -2.17. The van der Waals surface area contributed by atoms with E-state index >= 15 is 0 Å². The predicted octanol–water partition coefficient (Wildman–Crippen LogP) is 1.69. The van der Waals surface area contributed by atoms with Crippen LogP contribution >= 0.6 is 12.4 Å². The minimum Gasteiger partial charge on any atom is -0.480 e. The summed E-state index contributed by atoms with van der Waals surface area (Å²) < 4.78 is 15.8. The van der Waals surface area contributed by atoms with Crippen molar-refractivity contribution in [1.82, 2.24) is 20.1 Å². The topological polar surface area (TPSA) is 109 Å². The second-order valence-corrected chi connectivity index (χ2v) is 5.05. The Morgan fingerprint density at radius 1 is 1.14 bits per heavy atom. The molecule has 1 aliphatic rings. The third kappa shape index (κ3) is 2.71. The molecule has 0 atom stereocenters. The second-order valence-electron chi connectivity index (χ2n) is 5.05. The summed E-state index contributed by atoms with van der Waals surface area (Å²) in [5.41, 5.74) is 6.25. The lowest BCUT2D eigenvalue weighted by molar-refractivity contribution is 0.358. The van der Waals surface area contributed by atoms with Crippen molar-refractivity contribution in [3.05, 3.63) is 12.2 Å². The summed E-state index contributed by atoms with van der Waals surface area (Å²) in [6, 6.07) is 0. The first-order valence-electron chi connectivity index (χ1n) is 6.74. The Kier molecular flexibility index (Phi) is 4.82. The fourth-order valence-corrected chi connectivity index (χ4v) is 2.60. The Bertz CT molecular complexity index is 620. The first-order valence-corrected chi connectivity index (χ1v) is 6.74. The van der Waals surface area contributed by atoms with E-state index in [0.717, 1.165) is 25.7 Å². The summed E-state index contributed by atoms with van der Waals surface area (Å²) in [6.45, 7) is 0. The van der Waals surface area contributed by atoms with Gasteiger partial charge in [0, 0.05) is 0 Å². The van der Waals surface area contributed by atoms with Crippen LogP contribution in [-0.2, 0) is 5.54 Å². The second kappa shape index (κ2) is 6.45. The van der Waals surface area contributed by atoms with Crippen molar-refractivity contribution < 1.29 is 14.0 Å². The minimum absolute atomic E-state index is 0. The minimum atomic E-state index is -0.516. The number of ether oxygens (including phenoxy) is 2. The summed E-state index contributed by atoms with van der Waals surface area (Å²) in [4.78, 5) is 12.5. The zero-order chi connectivity index (χ0) is 14.9. The SMILES string of the molecule is COc1ncnc(OC)c1-c1nc(C2(N)CCCC2)no1.Cl. The number of hydrogen-bond donors (Lipinski definition) is 1. The number of rotatable bonds is 4. The summed E-state index contributed by atoms with van der Waals surface area (Å²) >= 11 is 0. The lowest BCUT2D eigenvalue weighted by atomic mass is 9.99. The molecule has 2 aromatic rings. The molecule has 0 bridgehead atoms. The molecule has 0 spiro atoms. The van der Waals surface area contributed by atoms with E-state index in [-0.39, 0.29) is 18.3 Å². The highest BCUT2D eigenvalue weighted by atomic mass is 35.5. The fraction of sp³-hybridized carbons (Fsp3) is 0.538. The highest BCUT2D eigenvalue weighted by Gasteiger charge is 2.36. The zero-order valence-electron chi connectivity index (χ0n) is 12.4. The molecule has 2 heterocycles. The maximum Gasteiger partial charge on any atom is 0.269 e. The summed E-state index contributed by atoms with van der Waals surface area (Å²) in [5, 5.41) is 4.02. The van der Waals surface area contributed by atoms with Crippen LogP contribution in [0.3, 0.4) is 0 Å². The van der Waals surface area contributed by atoms with Crippen LogP contribution in [0.2, 0.25) is 0 Å². The summed E-state index contributed by atoms with van der Waals surface area (Å²) in [7, 11) is 3.01. The molecule has 8 nitrogen and oxygen atoms in total. The van der Waals surface area contributed by atoms with Crippen LogP contribution in [0.5, 0.6) is 11.8 Å². The third-order valence-electron chi connectivity index (χ3n) is 3.75. The number of methoxy groups -OCH3 is 2. The molecule has 1 saturated carbocycles. The monoisotopic (exact) mass is 327 g/mol. The van der Waals surface area contributed by atoms with E-state index in [2.05, 4.69) is 20.1 Å². The average molecular weight is 328 g/mol. The van der Waals surface area contributed by atoms with Crippen molar-refractivity contribution in [2.75, 3.05) is 14.2 Å². The van der Waals surface area contributed by atoms with Gasteiger partial charge in [0.25, 0.3) is 5.89 Å². The van der Waals surface area contributed by atoms with Crippen LogP contribution in [0, 0.1) is 0 Å². The van der Waals surface area contributed by atoms with Gasteiger partial charge in [0.2, 0.25) is 11.8 Å². The normalized spacial score (nSPS) is 16.1. The van der Waals surface area contributed by atoms with Gasteiger partial charge in [-0.05, 0) is 12.8 Å². The highest BCUT2D eigenvalue weighted by molar-refractivity contribution is 5.85. The van der Waals surface area contributed by atoms with E-state index in [1.54, 1.807) is 0 Å². The fourth-order valence-electron chi connectivity index (χ4n) is 2.60. The molecule has 0 aromatic carbocycles. The third-order valence-corrected chi connectivity index (χ3v) is 3.75. The molecule has 2 aromatic heterocycles. The van der Waals surface area contributed by atoms with E-state index in [1.807, 2.05) is 0 Å². The molecule has 1 aliphatic carbocycles. The molecule has 1 fully saturated rings. The van der Waals surface area contributed by atoms with Crippen LogP contribution in [-0.4, -0.2) is 34.3 Å². The summed E-state index contributed by atoms with van der Waals surface area (Å²) in [5.74, 6) is 1.38. The van der Waals surface area contributed by atoms with E-state index in [1.165, 1.54) is 20.5 Å². The molecule has 0 unspecified atom stereocenters. The van der Waals surface area contributed by atoms with Crippen LogP contribution < -0.4 is 15.2 Å². The Labute approximate surface area is 133 Å². The van der Waals surface area contributed by atoms with E-state index < -0.39 is 5.54 Å². The Morgan fingerprint density at radius 2 is 1.73 bits per heavy atom. The smallest absolute Gasteiger partial charge is 0.269 e. The van der Waals surface area contributed by atoms with Crippen molar-refractivity contribution in [1.29, 1.82) is 0 Å². The number of hydrogen-bond acceptors (Lipinski definition) is 8. The van der Waals surface area contributed by atoms with Crippen molar-refractivity contribution in [2.24, 2.45) is 5.73 Å². The quantitative estimate of drug-likeness (QED) is 0.903. The van der Waals surface area contributed by atoms with Gasteiger partial charge in [0.05, 0.1) is 19.8 Å². The van der Waals surface area contributed by atoms with Crippen LogP contribution in [0.1, 0.15) is 31.5 Å². The molecule has 0 radical (unpaired) electrons. The molecule has 120 valence electrons. The highest BCUT2D eigenvalue weighted by Crippen LogP contribution is 2.38. The molecule has 22 heavy (non-hydrogen) atoms. The largest absolute Gasteiger partial charge is 0.480 e. The Balaban J connectivity index is 0.00000176. The number of nitrogens with two attached hydrogens (primary N) is 1. The van der Waals surface area contributed by atoms with Crippen LogP contribution in [0.25, 0.3) is 11.5 Å². The van der Waals surface area contributed by atoms with E-state index in [4.69, 9.17) is 19.7 Å². The predicted molar refractivity (Wildman–Crippen MR) is 80.0 cm³/mol. The average Bonchev–Trinajstić information content (AvgIpc) is 3.16. The molecular formula is C13H18ClN5O3. The van der Waals surface area contributed by atoms with Gasteiger partial charge in [-0.3, -0.25) is 0 Å². The van der Waals surface area contributed by atoms with E-state index in [0.29, 0.717) is 23.1 Å². The van der Waals surface area contributed by atoms with Gasteiger partial charge >= 0.3 is 0 Å². The molecule has 0 amide bonds. The molecule has 3 rings (SSSR count). The van der Waals surface area contributed by atoms with Crippen molar-refractivity contribution in [2.45, 2.75) is 31.2 Å². The molecule has 0 aliphatic heterocycles. The van der Waals surface area contributed by atoms with Gasteiger partial charge in [-0.1, -0.05) is 18.0 Å². The number of aromatic nitrogens is 4. The lowest BCUT2D eigenvalue weighted by Crippen LogP contribution is -2.34.